The van der Waals surface area contributed by atoms with Crippen LogP contribution < -0.4 is 0 Å². The van der Waals surface area contributed by atoms with Crippen molar-refractivity contribution in [3.8, 4) is 0 Å². The van der Waals surface area contributed by atoms with E-state index in [-0.39, 0.29) is 30.6 Å². The monoisotopic (exact) mass is 231 g/mol. The molecule has 0 fully saturated rings. The molecule has 0 bridgehead atoms. The molecule has 0 saturated heterocycles. The molecule has 84 valence electrons. The molecular formula is C7H12F3NO2S. The molecule has 1 N–H and O–H groups in total. The molecule has 0 heterocycles. The molecule has 0 aliphatic heterocycles. The third-order valence-electron chi connectivity index (χ3n) is 1.48. The van der Waals surface area contributed by atoms with Crippen LogP contribution in [0.2, 0.25) is 0 Å². The number of carbonyl (C=O) groups is 1. The smallest absolute Gasteiger partial charge is 0.441 e. The van der Waals surface area contributed by atoms with Crippen LogP contribution in [0.5, 0.6) is 0 Å². The van der Waals surface area contributed by atoms with Gasteiger partial charge in [0, 0.05) is 12.3 Å². The van der Waals surface area contributed by atoms with Crippen LogP contribution in [0.25, 0.3) is 0 Å². The molecule has 0 aromatic rings. The van der Waals surface area contributed by atoms with Crippen molar-refractivity contribution in [1.29, 1.82) is 0 Å². The number of alkyl halides is 3. The van der Waals surface area contributed by atoms with Gasteiger partial charge in [0.25, 0.3) is 0 Å². The lowest BCUT2D eigenvalue weighted by Gasteiger charge is -2.17. The van der Waals surface area contributed by atoms with Crippen LogP contribution in [0, 0.1) is 0 Å². The number of hydrogen-bond donors (Lipinski definition) is 1. The van der Waals surface area contributed by atoms with Gasteiger partial charge in [0.15, 0.2) is 0 Å². The summed E-state index contributed by atoms with van der Waals surface area (Å²) in [5, 5.41) is 8.40. The first kappa shape index (κ1) is 13.6. The molecule has 0 unspecified atom stereocenters. The van der Waals surface area contributed by atoms with Gasteiger partial charge in [-0.05, 0) is 18.3 Å². The summed E-state index contributed by atoms with van der Waals surface area (Å²) < 4.78 is 35.1. The first-order chi connectivity index (χ1) is 6.35. The zero-order chi connectivity index (χ0) is 11.2. The van der Waals surface area contributed by atoms with Gasteiger partial charge in [-0.2, -0.15) is 13.2 Å². The molecule has 0 rings (SSSR count). The summed E-state index contributed by atoms with van der Waals surface area (Å²) in [5.74, 6) is -1.16. The topological polar surface area (TPSA) is 40.5 Å². The molecule has 0 aliphatic carbocycles. The second kappa shape index (κ2) is 6.13. The Morgan fingerprint density at radius 1 is 1.50 bits per heavy atom. The van der Waals surface area contributed by atoms with Gasteiger partial charge in [0.1, 0.15) is 0 Å². The van der Waals surface area contributed by atoms with Crippen LogP contribution in [0.1, 0.15) is 6.92 Å². The van der Waals surface area contributed by atoms with Gasteiger partial charge in [-0.1, -0.05) is 6.92 Å². The van der Waals surface area contributed by atoms with Crippen molar-refractivity contribution in [2.75, 3.05) is 25.4 Å². The second-order valence-electron chi connectivity index (χ2n) is 2.56. The van der Waals surface area contributed by atoms with Crippen molar-refractivity contribution >= 4 is 17.7 Å². The van der Waals surface area contributed by atoms with Crippen molar-refractivity contribution in [1.82, 2.24) is 4.90 Å². The molecular weight excluding hydrogens is 219 g/mol. The Labute approximate surface area is 84.3 Å². The van der Waals surface area contributed by atoms with E-state index in [1.54, 1.807) is 6.92 Å². The Kier molecular flexibility index (Phi) is 5.94. The zero-order valence-corrected chi connectivity index (χ0v) is 8.49. The van der Waals surface area contributed by atoms with E-state index in [9.17, 15) is 18.0 Å². The van der Waals surface area contributed by atoms with E-state index in [0.29, 0.717) is 6.54 Å². The molecule has 0 radical (unpaired) electrons. The maximum atomic E-state index is 11.7. The number of halogens is 3. The van der Waals surface area contributed by atoms with Crippen LogP contribution in [0.15, 0.2) is 0 Å². The molecule has 0 aromatic heterocycles. The molecule has 0 spiro atoms. The fourth-order valence-corrected chi connectivity index (χ4v) is 1.41. The van der Waals surface area contributed by atoms with E-state index in [1.807, 2.05) is 0 Å². The summed E-state index contributed by atoms with van der Waals surface area (Å²) >= 11 is -0.130. The third kappa shape index (κ3) is 8.18. The van der Waals surface area contributed by atoms with Crippen LogP contribution in [0.3, 0.4) is 0 Å². The van der Waals surface area contributed by atoms with Crippen molar-refractivity contribution in [3.05, 3.63) is 0 Å². The maximum Gasteiger partial charge on any atom is 0.441 e. The Morgan fingerprint density at radius 2 is 2.07 bits per heavy atom. The number of nitrogens with zero attached hydrogens (tertiary/aromatic N) is 1. The van der Waals surface area contributed by atoms with Gasteiger partial charge >= 0.3 is 11.5 Å². The van der Waals surface area contributed by atoms with Crippen LogP contribution >= 0.6 is 11.8 Å². The first-order valence-corrected chi connectivity index (χ1v) is 4.98. The van der Waals surface area contributed by atoms with Gasteiger partial charge in [-0.3, -0.25) is 9.69 Å². The van der Waals surface area contributed by atoms with Crippen molar-refractivity contribution in [3.63, 3.8) is 0 Å². The summed E-state index contributed by atoms with van der Waals surface area (Å²) in [7, 11) is 0. The Morgan fingerprint density at radius 3 is 2.43 bits per heavy atom. The van der Waals surface area contributed by atoms with E-state index in [2.05, 4.69) is 0 Å². The van der Waals surface area contributed by atoms with E-state index in [0.717, 1.165) is 0 Å². The Bertz CT molecular complexity index is 186. The number of thioether (sulfide) groups is 1. The molecule has 0 saturated carbocycles. The molecule has 3 nitrogen and oxygen atoms in total. The average molecular weight is 231 g/mol. The number of hydrogen-bond acceptors (Lipinski definition) is 3. The lowest BCUT2D eigenvalue weighted by molar-refractivity contribution is -0.138. The van der Waals surface area contributed by atoms with Gasteiger partial charge in [0.2, 0.25) is 0 Å². The van der Waals surface area contributed by atoms with Gasteiger partial charge < -0.3 is 5.11 Å². The number of aliphatic carboxylic acids is 1. The predicted molar refractivity (Wildman–Crippen MR) is 48.3 cm³/mol. The highest BCUT2D eigenvalue weighted by molar-refractivity contribution is 8.00. The minimum atomic E-state index is -4.23. The van der Waals surface area contributed by atoms with Gasteiger partial charge in [-0.25, -0.2) is 0 Å². The lowest BCUT2D eigenvalue weighted by atomic mass is 10.5. The maximum absolute atomic E-state index is 11.7. The quantitative estimate of drug-likeness (QED) is 0.754. The first-order valence-electron chi connectivity index (χ1n) is 4.00. The van der Waals surface area contributed by atoms with Crippen molar-refractivity contribution in [2.45, 2.75) is 12.4 Å². The SMILES string of the molecule is CCN(CCSC(F)(F)F)CC(=O)O. The Balaban J connectivity index is 3.68. The van der Waals surface area contributed by atoms with Gasteiger partial charge in [0.05, 0.1) is 6.54 Å². The van der Waals surface area contributed by atoms with E-state index in [1.165, 1.54) is 4.90 Å². The highest BCUT2D eigenvalue weighted by Gasteiger charge is 2.27. The highest BCUT2D eigenvalue weighted by atomic mass is 32.2. The minimum Gasteiger partial charge on any atom is -0.480 e. The summed E-state index contributed by atoms with van der Waals surface area (Å²) in [6.45, 7) is 2.06. The number of carboxylic acids is 1. The highest BCUT2D eigenvalue weighted by Crippen LogP contribution is 2.29. The molecule has 0 atom stereocenters. The summed E-state index contributed by atoms with van der Waals surface area (Å²) in [6.07, 6.45) is 0. The molecule has 0 aromatic carbocycles. The molecule has 14 heavy (non-hydrogen) atoms. The van der Waals surface area contributed by atoms with Crippen molar-refractivity contribution in [2.24, 2.45) is 0 Å². The van der Waals surface area contributed by atoms with Crippen molar-refractivity contribution < 1.29 is 23.1 Å². The van der Waals surface area contributed by atoms with Crippen LogP contribution in [-0.2, 0) is 4.79 Å². The third-order valence-corrected chi connectivity index (χ3v) is 2.19. The lowest BCUT2D eigenvalue weighted by Crippen LogP contribution is -2.31. The van der Waals surface area contributed by atoms with Crippen LogP contribution in [0.4, 0.5) is 13.2 Å². The standard InChI is InChI=1S/C7H12F3NO2S/c1-2-11(5-6(12)13)3-4-14-7(8,9)10/h2-5H2,1H3,(H,12,13). The number of carboxylic acid groups (broad SMARTS) is 1. The average Bonchev–Trinajstić information content (AvgIpc) is 1.99. The normalized spacial score (nSPS) is 12.1. The predicted octanol–water partition coefficient (Wildman–Crippen LogP) is 1.65. The minimum absolute atomic E-state index is 0.130. The summed E-state index contributed by atoms with van der Waals surface area (Å²) in [4.78, 5) is 11.7. The molecule has 0 amide bonds. The van der Waals surface area contributed by atoms with E-state index < -0.39 is 11.5 Å². The fraction of sp³-hybridized carbons (Fsp3) is 0.857. The number of rotatable bonds is 6. The van der Waals surface area contributed by atoms with E-state index >= 15 is 0 Å². The van der Waals surface area contributed by atoms with Gasteiger partial charge in [-0.15, -0.1) is 0 Å². The number of likely N-dealkylation sites (N-methyl/N-ethyl adjacent to an activating group) is 1. The van der Waals surface area contributed by atoms with Crippen LogP contribution in [-0.4, -0.2) is 46.9 Å². The Hall–Kier alpha value is -0.430. The summed E-state index contributed by atoms with van der Waals surface area (Å²) in [6, 6.07) is 0. The second-order valence-corrected chi connectivity index (χ2v) is 3.72. The fourth-order valence-electron chi connectivity index (χ4n) is 0.831. The summed E-state index contributed by atoms with van der Waals surface area (Å²) in [5.41, 5.74) is -4.23. The zero-order valence-electron chi connectivity index (χ0n) is 7.67. The molecule has 7 heteroatoms. The largest absolute Gasteiger partial charge is 0.480 e. The molecule has 0 aliphatic rings. The van der Waals surface area contributed by atoms with E-state index in [4.69, 9.17) is 5.11 Å².